The van der Waals surface area contributed by atoms with Gasteiger partial charge < -0.3 is 10.5 Å². The molecule has 3 nitrogen and oxygen atoms in total. The summed E-state index contributed by atoms with van der Waals surface area (Å²) in [4.78, 5) is 2.45. The molecule has 3 atom stereocenters. The normalized spacial score (nSPS) is 37.6. The lowest BCUT2D eigenvalue weighted by Gasteiger charge is -2.46. The molecule has 1 saturated carbocycles. The predicted octanol–water partition coefficient (Wildman–Crippen LogP) is 2.00. The summed E-state index contributed by atoms with van der Waals surface area (Å²) in [5.74, 6) is 0. The predicted molar refractivity (Wildman–Crippen MR) is 71.0 cm³/mol. The van der Waals surface area contributed by atoms with Gasteiger partial charge in [0.15, 0.2) is 0 Å². The van der Waals surface area contributed by atoms with E-state index in [1.807, 2.05) is 0 Å². The molecule has 2 N–H and O–H groups in total. The van der Waals surface area contributed by atoms with Crippen molar-refractivity contribution in [2.45, 2.75) is 64.1 Å². The van der Waals surface area contributed by atoms with Gasteiger partial charge in [0.25, 0.3) is 0 Å². The number of likely N-dealkylation sites (N-methyl/N-ethyl adjacent to an activating group) is 1. The summed E-state index contributed by atoms with van der Waals surface area (Å²) in [6.07, 6.45) is 6.70. The Bertz CT molecular complexity index is 249. The maximum absolute atomic E-state index is 6.45. The molecule has 2 fully saturated rings. The molecular formula is C14H28N2O. The highest BCUT2D eigenvalue weighted by atomic mass is 16.5. The Morgan fingerprint density at radius 2 is 2.06 bits per heavy atom. The van der Waals surface area contributed by atoms with E-state index in [-0.39, 0.29) is 5.41 Å². The standard InChI is InChI=1S/C14H28N2O/c1-14(2)8-4-7-12(13(14)15)16(3)10-11-6-5-9-17-11/h11-13H,4-10,15H2,1-3H3. The second-order valence-corrected chi connectivity index (χ2v) is 6.55. The fourth-order valence-corrected chi connectivity index (χ4v) is 3.37. The van der Waals surface area contributed by atoms with Crippen molar-refractivity contribution in [3.05, 3.63) is 0 Å². The van der Waals surface area contributed by atoms with Crippen molar-refractivity contribution < 1.29 is 4.74 Å². The van der Waals surface area contributed by atoms with Crippen molar-refractivity contribution in [2.75, 3.05) is 20.2 Å². The third-order valence-electron chi connectivity index (χ3n) is 4.72. The van der Waals surface area contributed by atoms with E-state index in [4.69, 9.17) is 10.5 Å². The van der Waals surface area contributed by atoms with E-state index in [0.717, 1.165) is 13.2 Å². The molecule has 0 aromatic carbocycles. The quantitative estimate of drug-likeness (QED) is 0.820. The first-order chi connectivity index (χ1) is 8.00. The number of rotatable bonds is 3. The molecule has 3 unspecified atom stereocenters. The third-order valence-corrected chi connectivity index (χ3v) is 4.72. The second-order valence-electron chi connectivity index (χ2n) is 6.55. The molecular weight excluding hydrogens is 212 g/mol. The molecule has 1 aliphatic heterocycles. The lowest BCUT2D eigenvalue weighted by atomic mass is 9.71. The number of hydrogen-bond donors (Lipinski definition) is 1. The largest absolute Gasteiger partial charge is 0.377 e. The van der Waals surface area contributed by atoms with Crippen LogP contribution in [0.3, 0.4) is 0 Å². The number of hydrogen-bond acceptors (Lipinski definition) is 3. The summed E-state index contributed by atoms with van der Waals surface area (Å²) in [5.41, 5.74) is 6.73. The number of nitrogens with zero attached hydrogens (tertiary/aromatic N) is 1. The molecule has 0 spiro atoms. The zero-order valence-corrected chi connectivity index (χ0v) is 11.6. The highest BCUT2D eigenvalue weighted by molar-refractivity contribution is 4.96. The van der Waals surface area contributed by atoms with Gasteiger partial charge in [0.2, 0.25) is 0 Å². The van der Waals surface area contributed by atoms with Gasteiger partial charge in [-0.05, 0) is 38.1 Å². The van der Waals surface area contributed by atoms with Gasteiger partial charge in [-0.3, -0.25) is 4.90 Å². The van der Waals surface area contributed by atoms with Crippen LogP contribution in [0.5, 0.6) is 0 Å². The summed E-state index contributed by atoms with van der Waals surface area (Å²) < 4.78 is 5.72. The van der Waals surface area contributed by atoms with E-state index < -0.39 is 0 Å². The van der Waals surface area contributed by atoms with Crippen LogP contribution < -0.4 is 5.73 Å². The molecule has 3 heteroatoms. The minimum atomic E-state index is 0.285. The SMILES string of the molecule is CN(CC1CCCO1)C1CCCC(C)(C)C1N. The smallest absolute Gasteiger partial charge is 0.0702 e. The molecule has 2 aliphatic rings. The molecule has 0 radical (unpaired) electrons. The molecule has 17 heavy (non-hydrogen) atoms. The second kappa shape index (κ2) is 5.25. The zero-order chi connectivity index (χ0) is 12.5. The Morgan fingerprint density at radius 3 is 2.71 bits per heavy atom. The van der Waals surface area contributed by atoms with Crippen LogP contribution in [-0.2, 0) is 4.74 Å². The summed E-state index contributed by atoms with van der Waals surface area (Å²) in [7, 11) is 2.22. The topological polar surface area (TPSA) is 38.5 Å². The fourth-order valence-electron chi connectivity index (χ4n) is 3.37. The van der Waals surface area contributed by atoms with Crippen molar-refractivity contribution in [1.82, 2.24) is 4.90 Å². The van der Waals surface area contributed by atoms with Gasteiger partial charge in [0.05, 0.1) is 6.10 Å². The Kier molecular flexibility index (Phi) is 4.11. The number of ether oxygens (including phenoxy) is 1. The Balaban J connectivity index is 1.91. The van der Waals surface area contributed by atoms with Crippen molar-refractivity contribution in [1.29, 1.82) is 0 Å². The maximum Gasteiger partial charge on any atom is 0.0702 e. The molecule has 0 bridgehead atoms. The zero-order valence-electron chi connectivity index (χ0n) is 11.6. The summed E-state index contributed by atoms with van der Waals surface area (Å²) in [6, 6.07) is 0.825. The first-order valence-electron chi connectivity index (χ1n) is 7.08. The van der Waals surface area contributed by atoms with Gasteiger partial charge >= 0.3 is 0 Å². The van der Waals surface area contributed by atoms with Gasteiger partial charge in [-0.2, -0.15) is 0 Å². The van der Waals surface area contributed by atoms with E-state index in [9.17, 15) is 0 Å². The molecule has 0 amide bonds. The Hall–Kier alpha value is -0.120. The first-order valence-corrected chi connectivity index (χ1v) is 7.08. The van der Waals surface area contributed by atoms with E-state index >= 15 is 0 Å². The van der Waals surface area contributed by atoms with E-state index in [1.54, 1.807) is 0 Å². The molecule has 2 rings (SSSR count). The van der Waals surface area contributed by atoms with Crippen molar-refractivity contribution in [2.24, 2.45) is 11.1 Å². The fraction of sp³-hybridized carbons (Fsp3) is 1.00. The van der Waals surface area contributed by atoms with Gasteiger partial charge in [-0.1, -0.05) is 20.3 Å². The number of nitrogens with two attached hydrogens (primary N) is 1. The average Bonchev–Trinajstić information content (AvgIpc) is 2.74. The minimum absolute atomic E-state index is 0.285. The molecule has 1 aliphatic carbocycles. The summed E-state index contributed by atoms with van der Waals surface area (Å²) in [5, 5.41) is 0. The molecule has 0 aromatic heterocycles. The highest BCUT2D eigenvalue weighted by Gasteiger charge is 2.38. The average molecular weight is 240 g/mol. The third kappa shape index (κ3) is 3.01. The van der Waals surface area contributed by atoms with Gasteiger partial charge in [0, 0.05) is 25.2 Å². The lowest BCUT2D eigenvalue weighted by Crippen LogP contribution is -2.56. The highest BCUT2D eigenvalue weighted by Crippen LogP contribution is 2.36. The van der Waals surface area contributed by atoms with E-state index in [0.29, 0.717) is 18.2 Å². The monoisotopic (exact) mass is 240 g/mol. The molecule has 0 aromatic rings. The lowest BCUT2D eigenvalue weighted by molar-refractivity contribution is 0.0336. The minimum Gasteiger partial charge on any atom is -0.377 e. The van der Waals surface area contributed by atoms with Crippen LogP contribution in [0.2, 0.25) is 0 Å². The van der Waals surface area contributed by atoms with Crippen molar-refractivity contribution >= 4 is 0 Å². The molecule has 1 heterocycles. The van der Waals surface area contributed by atoms with E-state index in [1.165, 1.54) is 32.1 Å². The van der Waals surface area contributed by atoms with Crippen LogP contribution in [0.1, 0.15) is 46.0 Å². The van der Waals surface area contributed by atoms with Gasteiger partial charge in [-0.15, -0.1) is 0 Å². The van der Waals surface area contributed by atoms with Crippen LogP contribution in [0.15, 0.2) is 0 Å². The molecule has 100 valence electrons. The van der Waals surface area contributed by atoms with E-state index in [2.05, 4.69) is 25.8 Å². The van der Waals surface area contributed by atoms with Crippen LogP contribution in [0.25, 0.3) is 0 Å². The molecule has 1 saturated heterocycles. The van der Waals surface area contributed by atoms with Crippen LogP contribution in [0.4, 0.5) is 0 Å². The Morgan fingerprint density at radius 1 is 1.29 bits per heavy atom. The van der Waals surface area contributed by atoms with Crippen molar-refractivity contribution in [3.63, 3.8) is 0 Å². The van der Waals surface area contributed by atoms with Crippen LogP contribution in [0, 0.1) is 5.41 Å². The maximum atomic E-state index is 6.45. The van der Waals surface area contributed by atoms with Gasteiger partial charge in [-0.25, -0.2) is 0 Å². The van der Waals surface area contributed by atoms with Crippen molar-refractivity contribution in [3.8, 4) is 0 Å². The van der Waals surface area contributed by atoms with Gasteiger partial charge in [0.1, 0.15) is 0 Å². The first kappa shape index (κ1) is 13.3. The summed E-state index contributed by atoms with van der Waals surface area (Å²) in [6.45, 7) is 6.61. The Labute approximate surface area is 106 Å². The summed E-state index contributed by atoms with van der Waals surface area (Å²) >= 11 is 0. The van der Waals surface area contributed by atoms with Crippen LogP contribution >= 0.6 is 0 Å². The van der Waals surface area contributed by atoms with Crippen LogP contribution in [-0.4, -0.2) is 43.3 Å².